The first-order chi connectivity index (χ1) is 8.41. The molecule has 0 saturated carbocycles. The van der Waals surface area contributed by atoms with Crippen molar-refractivity contribution in [3.05, 3.63) is 22.7 Å². The summed E-state index contributed by atoms with van der Waals surface area (Å²) < 4.78 is 12.7. The molecule has 1 heterocycles. The maximum Gasteiger partial charge on any atom is 0.293 e. The molecule has 0 radical (unpaired) electrons. The molecule has 1 aromatic heterocycles. The summed E-state index contributed by atoms with van der Waals surface area (Å²) in [6.45, 7) is 5.87. The molecule has 1 N–H and O–H groups in total. The van der Waals surface area contributed by atoms with Crippen LogP contribution in [0.15, 0.2) is 17.2 Å². The SMILES string of the molecule is CC(CCS(C)=O)Nc1nccn(C(C)C)c1=O. The summed E-state index contributed by atoms with van der Waals surface area (Å²) in [5, 5.41) is 3.08. The first kappa shape index (κ1) is 14.9. The van der Waals surface area contributed by atoms with E-state index in [2.05, 4.69) is 10.3 Å². The van der Waals surface area contributed by atoms with E-state index in [4.69, 9.17) is 0 Å². The van der Waals surface area contributed by atoms with Crippen molar-refractivity contribution >= 4 is 16.6 Å². The summed E-state index contributed by atoms with van der Waals surface area (Å²) in [6.07, 6.45) is 5.73. The van der Waals surface area contributed by atoms with Crippen LogP contribution in [-0.4, -0.2) is 31.8 Å². The highest BCUT2D eigenvalue weighted by Gasteiger charge is 2.10. The van der Waals surface area contributed by atoms with Gasteiger partial charge in [0.25, 0.3) is 5.56 Å². The predicted molar refractivity (Wildman–Crippen MR) is 75.5 cm³/mol. The van der Waals surface area contributed by atoms with Crippen LogP contribution >= 0.6 is 0 Å². The molecule has 6 heteroatoms. The second-order valence-electron chi connectivity index (χ2n) is 4.69. The van der Waals surface area contributed by atoms with E-state index in [1.165, 1.54) is 0 Å². The average Bonchev–Trinajstić information content (AvgIpc) is 2.29. The van der Waals surface area contributed by atoms with Gasteiger partial charge in [-0.05, 0) is 27.2 Å². The minimum Gasteiger partial charge on any atom is -0.363 e. The monoisotopic (exact) mass is 271 g/mol. The molecule has 0 saturated heterocycles. The van der Waals surface area contributed by atoms with Gasteiger partial charge in [-0.25, -0.2) is 4.98 Å². The van der Waals surface area contributed by atoms with Crippen molar-refractivity contribution in [2.45, 2.75) is 39.3 Å². The van der Waals surface area contributed by atoms with Crippen molar-refractivity contribution in [1.82, 2.24) is 9.55 Å². The Morgan fingerprint density at radius 1 is 1.44 bits per heavy atom. The number of hydrogen-bond acceptors (Lipinski definition) is 4. The quantitative estimate of drug-likeness (QED) is 0.849. The molecule has 0 aliphatic carbocycles. The van der Waals surface area contributed by atoms with E-state index in [0.717, 1.165) is 6.42 Å². The van der Waals surface area contributed by atoms with Gasteiger partial charge in [0.2, 0.25) is 0 Å². The van der Waals surface area contributed by atoms with Crippen molar-refractivity contribution in [2.75, 3.05) is 17.3 Å². The Kier molecular flexibility index (Phi) is 5.53. The number of nitrogens with one attached hydrogen (secondary N) is 1. The Bertz CT molecular complexity index is 471. The van der Waals surface area contributed by atoms with Gasteiger partial charge in [0.1, 0.15) is 0 Å². The average molecular weight is 271 g/mol. The van der Waals surface area contributed by atoms with E-state index in [1.807, 2.05) is 20.8 Å². The van der Waals surface area contributed by atoms with Gasteiger partial charge in [-0.3, -0.25) is 9.00 Å². The largest absolute Gasteiger partial charge is 0.363 e. The van der Waals surface area contributed by atoms with Crippen LogP contribution in [0.3, 0.4) is 0 Å². The number of rotatable bonds is 6. The number of aromatic nitrogens is 2. The third-order valence-electron chi connectivity index (χ3n) is 2.65. The molecule has 0 bridgehead atoms. The summed E-state index contributed by atoms with van der Waals surface area (Å²) in [7, 11) is -0.805. The van der Waals surface area contributed by atoms with Crippen LogP contribution in [0.25, 0.3) is 0 Å². The molecule has 2 unspecified atom stereocenters. The van der Waals surface area contributed by atoms with Crippen molar-refractivity contribution < 1.29 is 4.21 Å². The topological polar surface area (TPSA) is 64.0 Å². The Balaban J connectivity index is 2.76. The van der Waals surface area contributed by atoms with Gasteiger partial charge in [-0.2, -0.15) is 0 Å². The Morgan fingerprint density at radius 3 is 2.67 bits per heavy atom. The third-order valence-corrected chi connectivity index (χ3v) is 3.46. The maximum atomic E-state index is 12.1. The summed E-state index contributed by atoms with van der Waals surface area (Å²) in [5.74, 6) is 0.986. The Hall–Kier alpha value is -1.17. The third kappa shape index (κ3) is 4.25. The summed E-state index contributed by atoms with van der Waals surface area (Å²) >= 11 is 0. The van der Waals surface area contributed by atoms with Crippen LogP contribution in [0.4, 0.5) is 5.82 Å². The van der Waals surface area contributed by atoms with Gasteiger partial charge in [-0.15, -0.1) is 0 Å². The number of hydrogen-bond donors (Lipinski definition) is 1. The van der Waals surface area contributed by atoms with Crippen LogP contribution in [0, 0.1) is 0 Å². The van der Waals surface area contributed by atoms with E-state index >= 15 is 0 Å². The molecule has 18 heavy (non-hydrogen) atoms. The van der Waals surface area contributed by atoms with Gasteiger partial charge in [-0.1, -0.05) is 0 Å². The minimum atomic E-state index is -0.805. The lowest BCUT2D eigenvalue weighted by Crippen LogP contribution is -2.29. The van der Waals surface area contributed by atoms with E-state index in [1.54, 1.807) is 23.2 Å². The van der Waals surface area contributed by atoms with Crippen LogP contribution in [0.5, 0.6) is 0 Å². The fraction of sp³-hybridized carbons (Fsp3) is 0.667. The molecule has 2 atom stereocenters. The Labute approximate surface area is 110 Å². The lowest BCUT2D eigenvalue weighted by atomic mass is 10.2. The highest BCUT2D eigenvalue weighted by Crippen LogP contribution is 2.04. The van der Waals surface area contributed by atoms with Crippen LogP contribution in [0.1, 0.15) is 33.2 Å². The summed E-state index contributed by atoms with van der Waals surface area (Å²) in [5.41, 5.74) is -0.114. The lowest BCUT2D eigenvalue weighted by Gasteiger charge is -2.15. The zero-order valence-electron chi connectivity index (χ0n) is 11.3. The van der Waals surface area contributed by atoms with Gasteiger partial charge in [0.05, 0.1) is 0 Å². The second kappa shape index (κ2) is 6.68. The molecule has 0 amide bonds. The first-order valence-electron chi connectivity index (χ1n) is 6.05. The number of anilines is 1. The summed E-state index contributed by atoms with van der Waals surface area (Å²) in [6, 6.07) is 0.191. The smallest absolute Gasteiger partial charge is 0.293 e. The molecule has 0 spiro atoms. The molecule has 1 aromatic rings. The van der Waals surface area contributed by atoms with Crippen LogP contribution < -0.4 is 10.9 Å². The highest BCUT2D eigenvalue weighted by molar-refractivity contribution is 7.84. The van der Waals surface area contributed by atoms with Gasteiger partial charge in [0, 0.05) is 47.3 Å². The van der Waals surface area contributed by atoms with Gasteiger partial charge < -0.3 is 9.88 Å². The highest BCUT2D eigenvalue weighted by atomic mass is 32.2. The van der Waals surface area contributed by atoms with E-state index in [-0.39, 0.29) is 17.6 Å². The van der Waals surface area contributed by atoms with E-state index in [9.17, 15) is 9.00 Å². The van der Waals surface area contributed by atoms with Crippen molar-refractivity contribution in [2.24, 2.45) is 0 Å². The summed E-state index contributed by atoms with van der Waals surface area (Å²) in [4.78, 5) is 16.1. The molecule has 0 aliphatic rings. The molecule has 0 aliphatic heterocycles. The number of nitrogens with zero attached hydrogens (tertiary/aromatic N) is 2. The van der Waals surface area contributed by atoms with Crippen LogP contribution in [-0.2, 0) is 10.8 Å². The normalized spacial score (nSPS) is 14.5. The standard InChI is InChI=1S/C12H21N3O2S/c1-9(2)15-7-6-13-11(12(15)16)14-10(3)5-8-18(4)17/h6-7,9-10H,5,8H2,1-4H3,(H,13,14). The molecule has 1 rings (SSSR count). The van der Waals surface area contributed by atoms with Crippen molar-refractivity contribution in [1.29, 1.82) is 0 Å². The van der Waals surface area contributed by atoms with Gasteiger partial charge in [0.15, 0.2) is 5.82 Å². The minimum absolute atomic E-state index is 0.0807. The lowest BCUT2D eigenvalue weighted by molar-refractivity contribution is 0.573. The fourth-order valence-electron chi connectivity index (χ4n) is 1.58. The van der Waals surface area contributed by atoms with Crippen molar-refractivity contribution in [3.8, 4) is 0 Å². The van der Waals surface area contributed by atoms with Gasteiger partial charge >= 0.3 is 0 Å². The Morgan fingerprint density at radius 2 is 2.11 bits per heavy atom. The van der Waals surface area contributed by atoms with Crippen LogP contribution in [0.2, 0.25) is 0 Å². The molecule has 0 fully saturated rings. The predicted octanol–water partition coefficient (Wildman–Crippen LogP) is 1.39. The molecule has 5 nitrogen and oxygen atoms in total. The fourth-order valence-corrected chi connectivity index (χ4v) is 2.26. The molecule has 102 valence electrons. The molecule has 0 aromatic carbocycles. The zero-order chi connectivity index (χ0) is 13.7. The zero-order valence-corrected chi connectivity index (χ0v) is 12.2. The molecular formula is C12H21N3O2S. The first-order valence-corrected chi connectivity index (χ1v) is 7.78. The van der Waals surface area contributed by atoms with E-state index < -0.39 is 10.8 Å². The van der Waals surface area contributed by atoms with Crippen molar-refractivity contribution in [3.63, 3.8) is 0 Å². The maximum absolute atomic E-state index is 12.1. The van der Waals surface area contributed by atoms with E-state index in [0.29, 0.717) is 11.6 Å². The second-order valence-corrected chi connectivity index (χ2v) is 6.25. The molecular weight excluding hydrogens is 250 g/mol.